The number of nitrogens with zero attached hydrogens (tertiary/aromatic N) is 1. The van der Waals surface area contributed by atoms with Crippen LogP contribution in [0.25, 0.3) is 0 Å². The van der Waals surface area contributed by atoms with Gasteiger partial charge in [0.25, 0.3) is 0 Å². The molecule has 0 aliphatic rings. The first-order chi connectivity index (χ1) is 24.7. The Morgan fingerprint density at radius 2 is 0.660 bits per heavy atom. The molecule has 50 heavy (non-hydrogen) atoms. The van der Waals surface area contributed by atoms with E-state index in [-0.39, 0.29) is 0 Å². The summed E-state index contributed by atoms with van der Waals surface area (Å²) in [6.07, 6.45) is 0. The van der Waals surface area contributed by atoms with Gasteiger partial charge in [0.15, 0.2) is 0 Å². The molecule has 0 unspecified atom stereocenters. The van der Waals surface area contributed by atoms with E-state index in [1.807, 2.05) is 24.3 Å². The number of methoxy groups -OCH3 is 2. The Balaban J connectivity index is 1.21. The summed E-state index contributed by atoms with van der Waals surface area (Å²) >= 11 is 0. The Hall–Kier alpha value is -6.07. The number of ether oxygens (including phenoxy) is 2. The molecule has 7 aromatic rings. The summed E-state index contributed by atoms with van der Waals surface area (Å²) in [5.74, 6) is 8.44. The van der Waals surface area contributed by atoms with Gasteiger partial charge in [-0.15, -0.1) is 0 Å². The zero-order valence-corrected chi connectivity index (χ0v) is 29.0. The topological polar surface area (TPSA) is 21.7 Å². The highest BCUT2D eigenvalue weighted by Crippen LogP contribution is 2.54. The summed E-state index contributed by atoms with van der Waals surface area (Å²) in [6.45, 7) is 0. The molecule has 0 saturated carbocycles. The van der Waals surface area contributed by atoms with E-state index in [9.17, 15) is 0 Å². The van der Waals surface area contributed by atoms with Crippen LogP contribution in [0.2, 0.25) is 0 Å². The fraction of sp³-hybridized carbons (Fsp3) is 0.0435. The van der Waals surface area contributed by atoms with E-state index in [1.54, 1.807) is 14.2 Å². The standard InChI is InChI=1S/C46H37NO2P/c1-48-41-30-26-39(27-31-41)47(40-28-32-42(49-2)33-29-40)38-24-20-36(21-25-38)18-19-37-22-34-46(35-23-37)50(43-12-6-3-7-13-43,44-14-8-4-9-15-44)45-16-10-5-11-17-45/h3-17,20-35H,1-2H3/q+1. The third kappa shape index (κ3) is 6.63. The molecule has 0 heterocycles. The Bertz CT molecular complexity index is 2050. The summed E-state index contributed by atoms with van der Waals surface area (Å²) in [7, 11) is 1.21. The van der Waals surface area contributed by atoms with Gasteiger partial charge in [-0.1, -0.05) is 66.4 Å². The van der Waals surface area contributed by atoms with Crippen molar-refractivity contribution in [2.75, 3.05) is 19.1 Å². The van der Waals surface area contributed by atoms with Crippen LogP contribution in [0, 0.1) is 11.8 Å². The second-order valence-corrected chi connectivity index (χ2v) is 15.2. The fourth-order valence-electron chi connectivity index (χ4n) is 6.37. The van der Waals surface area contributed by atoms with Gasteiger partial charge in [-0.2, -0.15) is 0 Å². The van der Waals surface area contributed by atoms with Gasteiger partial charge in [0.1, 0.15) is 40.0 Å². The molecule has 0 spiro atoms. The Morgan fingerprint density at radius 3 is 1.00 bits per heavy atom. The quantitative estimate of drug-likeness (QED) is 0.113. The van der Waals surface area contributed by atoms with Gasteiger partial charge >= 0.3 is 0 Å². The molecule has 7 rings (SSSR count). The average Bonchev–Trinajstić information content (AvgIpc) is 3.20. The maximum absolute atomic E-state index is 5.40. The Kier molecular flexibility index (Phi) is 9.74. The zero-order valence-electron chi connectivity index (χ0n) is 28.1. The molecule has 3 nitrogen and oxygen atoms in total. The van der Waals surface area contributed by atoms with Crippen molar-refractivity contribution in [1.29, 1.82) is 0 Å². The number of anilines is 3. The molecule has 242 valence electrons. The summed E-state index contributed by atoms with van der Waals surface area (Å²) in [6, 6.07) is 66.2. The summed E-state index contributed by atoms with van der Waals surface area (Å²) in [5, 5.41) is 5.28. The van der Waals surface area contributed by atoms with Crippen molar-refractivity contribution in [3.63, 3.8) is 0 Å². The van der Waals surface area contributed by atoms with Crippen LogP contribution in [0.5, 0.6) is 11.5 Å². The van der Waals surface area contributed by atoms with Crippen molar-refractivity contribution < 1.29 is 9.47 Å². The van der Waals surface area contributed by atoms with Gasteiger partial charge in [-0.05, 0) is 133 Å². The van der Waals surface area contributed by atoms with Crippen molar-refractivity contribution in [1.82, 2.24) is 0 Å². The SMILES string of the molecule is COc1ccc(N(c2ccc(C#Cc3ccc([P+](c4ccccc4)(c4ccccc4)c4ccccc4)cc3)cc2)c2ccc(OC)cc2)cc1. The van der Waals surface area contributed by atoms with E-state index in [2.05, 4.69) is 181 Å². The second kappa shape index (κ2) is 15.0. The maximum atomic E-state index is 5.40. The van der Waals surface area contributed by atoms with Gasteiger partial charge in [0.05, 0.1) is 14.2 Å². The number of hydrogen-bond acceptors (Lipinski definition) is 3. The highest BCUT2D eigenvalue weighted by Gasteiger charge is 2.47. The van der Waals surface area contributed by atoms with E-state index in [0.29, 0.717) is 0 Å². The number of benzene rings is 7. The lowest BCUT2D eigenvalue weighted by Crippen LogP contribution is -2.38. The van der Waals surface area contributed by atoms with Crippen LogP contribution in [0.4, 0.5) is 17.1 Å². The van der Waals surface area contributed by atoms with Crippen molar-refractivity contribution >= 4 is 45.5 Å². The van der Waals surface area contributed by atoms with Crippen molar-refractivity contribution in [3.05, 3.63) is 199 Å². The molecule has 0 N–H and O–H groups in total. The van der Waals surface area contributed by atoms with Crippen LogP contribution in [0.1, 0.15) is 11.1 Å². The van der Waals surface area contributed by atoms with Crippen molar-refractivity contribution in [2.45, 2.75) is 0 Å². The summed E-state index contributed by atoms with van der Waals surface area (Å²) in [4.78, 5) is 2.20. The molecule has 0 saturated heterocycles. The molecule has 0 amide bonds. The Morgan fingerprint density at radius 1 is 0.360 bits per heavy atom. The summed E-state index contributed by atoms with van der Waals surface area (Å²) < 4.78 is 10.8. The normalized spacial score (nSPS) is 10.8. The van der Waals surface area contributed by atoms with Crippen LogP contribution < -0.4 is 35.6 Å². The van der Waals surface area contributed by atoms with Crippen LogP contribution in [0.15, 0.2) is 188 Å². The van der Waals surface area contributed by atoms with Crippen molar-refractivity contribution in [2.24, 2.45) is 0 Å². The average molecular weight is 667 g/mol. The van der Waals surface area contributed by atoms with Gasteiger partial charge in [0, 0.05) is 28.2 Å². The van der Waals surface area contributed by atoms with Gasteiger partial charge in [-0.25, -0.2) is 0 Å². The van der Waals surface area contributed by atoms with Gasteiger partial charge in [0.2, 0.25) is 0 Å². The maximum Gasteiger partial charge on any atom is 0.144 e. The first-order valence-corrected chi connectivity index (χ1v) is 18.3. The molecule has 0 aromatic heterocycles. The highest BCUT2D eigenvalue weighted by atomic mass is 31.2. The van der Waals surface area contributed by atoms with E-state index in [0.717, 1.165) is 39.7 Å². The molecule has 0 atom stereocenters. The molecule has 4 heteroatoms. The van der Waals surface area contributed by atoms with E-state index < -0.39 is 7.26 Å². The molecule has 0 bridgehead atoms. The number of rotatable bonds is 9. The largest absolute Gasteiger partial charge is 0.497 e. The lowest BCUT2D eigenvalue weighted by molar-refractivity contribution is 0.415. The fourth-order valence-corrected chi connectivity index (χ4v) is 10.6. The lowest BCUT2D eigenvalue weighted by atomic mass is 10.1. The van der Waals surface area contributed by atoms with E-state index in [1.165, 1.54) is 21.2 Å². The molecular weight excluding hydrogens is 629 g/mol. The third-order valence-electron chi connectivity index (χ3n) is 8.82. The minimum absolute atomic E-state index is 0.815. The Labute approximate surface area is 295 Å². The molecule has 0 radical (unpaired) electrons. The monoisotopic (exact) mass is 666 g/mol. The second-order valence-electron chi connectivity index (χ2n) is 11.8. The predicted molar refractivity (Wildman–Crippen MR) is 211 cm³/mol. The molecule has 7 aromatic carbocycles. The molecular formula is C46H37NO2P+. The zero-order chi connectivity index (χ0) is 34.2. The van der Waals surface area contributed by atoms with Gasteiger partial charge < -0.3 is 14.4 Å². The van der Waals surface area contributed by atoms with Crippen LogP contribution in [-0.4, -0.2) is 14.2 Å². The minimum Gasteiger partial charge on any atom is -0.497 e. The summed E-state index contributed by atoms with van der Waals surface area (Å²) in [5.41, 5.74) is 4.99. The van der Waals surface area contributed by atoms with Crippen molar-refractivity contribution in [3.8, 4) is 23.3 Å². The van der Waals surface area contributed by atoms with Gasteiger partial charge in [-0.3, -0.25) is 0 Å². The number of hydrogen-bond donors (Lipinski definition) is 0. The molecule has 0 aliphatic heterocycles. The predicted octanol–water partition coefficient (Wildman–Crippen LogP) is 9.19. The van der Waals surface area contributed by atoms with E-state index >= 15 is 0 Å². The van der Waals surface area contributed by atoms with Crippen LogP contribution in [-0.2, 0) is 0 Å². The minimum atomic E-state index is -2.14. The van der Waals surface area contributed by atoms with Crippen LogP contribution in [0.3, 0.4) is 0 Å². The third-order valence-corrected chi connectivity index (χ3v) is 13.1. The first-order valence-electron chi connectivity index (χ1n) is 16.6. The lowest BCUT2D eigenvalue weighted by Gasteiger charge is -2.27. The molecule has 0 fully saturated rings. The first kappa shape index (κ1) is 32.5. The smallest absolute Gasteiger partial charge is 0.144 e. The van der Waals surface area contributed by atoms with E-state index in [4.69, 9.17) is 9.47 Å². The van der Waals surface area contributed by atoms with Crippen LogP contribution >= 0.6 is 7.26 Å². The molecule has 0 aliphatic carbocycles. The highest BCUT2D eigenvalue weighted by molar-refractivity contribution is 8.01.